The van der Waals surface area contributed by atoms with Crippen LogP contribution < -0.4 is 10.6 Å². The van der Waals surface area contributed by atoms with E-state index in [4.69, 9.17) is 11.6 Å². The number of benzene rings is 2. The summed E-state index contributed by atoms with van der Waals surface area (Å²) in [6.07, 6.45) is 0.779. The number of nitrogens with zero attached hydrogens (tertiary/aromatic N) is 1. The number of halogens is 1. The third-order valence-electron chi connectivity index (χ3n) is 4.36. The van der Waals surface area contributed by atoms with E-state index in [1.54, 1.807) is 36.2 Å². The summed E-state index contributed by atoms with van der Waals surface area (Å²) in [5, 5.41) is 6.13. The first-order chi connectivity index (χ1) is 13.3. The van der Waals surface area contributed by atoms with Gasteiger partial charge in [0.1, 0.15) is 0 Å². The minimum absolute atomic E-state index is 0.105. The van der Waals surface area contributed by atoms with Crippen molar-refractivity contribution >= 4 is 29.1 Å². The van der Waals surface area contributed by atoms with Gasteiger partial charge >= 0.3 is 0 Å². The van der Waals surface area contributed by atoms with Gasteiger partial charge in [-0.2, -0.15) is 0 Å². The zero-order valence-electron chi connectivity index (χ0n) is 16.7. The molecule has 2 N–H and O–H groups in total. The van der Waals surface area contributed by atoms with Crippen LogP contribution in [0, 0.1) is 0 Å². The second kappa shape index (κ2) is 10.8. The third kappa shape index (κ3) is 7.33. The van der Waals surface area contributed by atoms with Crippen LogP contribution in [0.3, 0.4) is 0 Å². The van der Waals surface area contributed by atoms with E-state index in [0.29, 0.717) is 23.2 Å². The van der Waals surface area contributed by atoms with Crippen molar-refractivity contribution in [3.63, 3.8) is 0 Å². The van der Waals surface area contributed by atoms with Crippen LogP contribution in [-0.2, 0) is 16.0 Å². The molecule has 0 spiro atoms. The number of carbonyl (C=O) groups is 2. The van der Waals surface area contributed by atoms with Crippen molar-refractivity contribution in [2.75, 3.05) is 32.0 Å². The van der Waals surface area contributed by atoms with E-state index < -0.39 is 0 Å². The molecule has 0 radical (unpaired) electrons. The predicted octanol–water partition coefficient (Wildman–Crippen LogP) is 3.69. The van der Waals surface area contributed by atoms with Gasteiger partial charge in [-0.1, -0.05) is 61.8 Å². The summed E-state index contributed by atoms with van der Waals surface area (Å²) >= 11 is 6.03. The van der Waals surface area contributed by atoms with Crippen molar-refractivity contribution in [1.82, 2.24) is 10.2 Å². The summed E-state index contributed by atoms with van der Waals surface area (Å²) < 4.78 is 0. The molecule has 0 unspecified atom stereocenters. The molecule has 0 heterocycles. The Morgan fingerprint density at radius 3 is 2.29 bits per heavy atom. The Bertz CT molecular complexity index is 791. The van der Waals surface area contributed by atoms with Crippen molar-refractivity contribution in [2.24, 2.45) is 0 Å². The molecule has 0 fully saturated rings. The minimum Gasteiger partial charge on any atom is -0.355 e. The predicted molar refractivity (Wildman–Crippen MR) is 115 cm³/mol. The van der Waals surface area contributed by atoms with E-state index in [1.807, 2.05) is 0 Å². The van der Waals surface area contributed by atoms with E-state index in [9.17, 15) is 9.59 Å². The molecule has 0 aliphatic rings. The summed E-state index contributed by atoms with van der Waals surface area (Å²) in [4.78, 5) is 25.8. The standard InChI is InChI=1S/C22H28ClN3O2/c1-16(2)18-10-8-17(9-11-18)12-13-24-21(27)14-26(3)15-22(28)25-20-7-5-4-6-19(20)23/h4-11,16H,12-15H2,1-3H3,(H,24,27)(H,25,28). The van der Waals surface area contributed by atoms with E-state index in [0.717, 1.165) is 6.42 Å². The van der Waals surface area contributed by atoms with E-state index in [1.165, 1.54) is 11.1 Å². The summed E-state index contributed by atoms with van der Waals surface area (Å²) in [6.45, 7) is 5.16. The van der Waals surface area contributed by atoms with Gasteiger partial charge in [-0.25, -0.2) is 0 Å². The van der Waals surface area contributed by atoms with Crippen molar-refractivity contribution in [2.45, 2.75) is 26.2 Å². The van der Waals surface area contributed by atoms with E-state index >= 15 is 0 Å². The zero-order chi connectivity index (χ0) is 20.5. The highest BCUT2D eigenvalue weighted by atomic mass is 35.5. The number of para-hydroxylation sites is 1. The average molecular weight is 402 g/mol. The van der Waals surface area contributed by atoms with Crippen molar-refractivity contribution in [1.29, 1.82) is 0 Å². The topological polar surface area (TPSA) is 61.4 Å². The van der Waals surface area contributed by atoms with Gasteiger partial charge in [0.25, 0.3) is 0 Å². The lowest BCUT2D eigenvalue weighted by Gasteiger charge is -2.16. The maximum Gasteiger partial charge on any atom is 0.238 e. The molecule has 0 saturated carbocycles. The number of hydrogen-bond donors (Lipinski definition) is 2. The van der Waals surface area contributed by atoms with Gasteiger partial charge in [-0.15, -0.1) is 0 Å². The number of anilines is 1. The lowest BCUT2D eigenvalue weighted by atomic mass is 10.0. The number of nitrogens with one attached hydrogen (secondary N) is 2. The van der Waals surface area contributed by atoms with Gasteiger partial charge in [0.15, 0.2) is 0 Å². The SMILES string of the molecule is CC(C)c1ccc(CCNC(=O)CN(C)CC(=O)Nc2ccccc2Cl)cc1. The zero-order valence-corrected chi connectivity index (χ0v) is 17.4. The molecule has 2 aromatic carbocycles. The molecule has 0 aromatic heterocycles. The number of hydrogen-bond acceptors (Lipinski definition) is 3. The first-order valence-corrected chi connectivity index (χ1v) is 9.81. The van der Waals surface area contributed by atoms with Crippen molar-refractivity contribution in [3.05, 3.63) is 64.7 Å². The van der Waals surface area contributed by atoms with Crippen LogP contribution in [0.5, 0.6) is 0 Å². The van der Waals surface area contributed by atoms with Crippen LogP contribution in [0.15, 0.2) is 48.5 Å². The Kier molecular flexibility index (Phi) is 8.48. The van der Waals surface area contributed by atoms with Crippen LogP contribution in [0.4, 0.5) is 5.69 Å². The van der Waals surface area contributed by atoms with Crippen molar-refractivity contribution in [3.8, 4) is 0 Å². The lowest BCUT2D eigenvalue weighted by Crippen LogP contribution is -2.39. The highest BCUT2D eigenvalue weighted by molar-refractivity contribution is 6.33. The van der Waals surface area contributed by atoms with Gasteiger partial charge in [0, 0.05) is 6.54 Å². The quantitative estimate of drug-likeness (QED) is 0.673. The van der Waals surface area contributed by atoms with Crippen molar-refractivity contribution < 1.29 is 9.59 Å². The first kappa shape index (κ1) is 21.9. The number of amides is 2. The minimum atomic E-state index is -0.214. The molecular formula is C22H28ClN3O2. The van der Waals surface area contributed by atoms with Gasteiger partial charge < -0.3 is 10.6 Å². The summed E-state index contributed by atoms with van der Waals surface area (Å²) in [5.74, 6) is 0.194. The monoisotopic (exact) mass is 401 g/mol. The van der Waals surface area contributed by atoms with Gasteiger partial charge in [-0.05, 0) is 42.6 Å². The maximum atomic E-state index is 12.1. The molecule has 2 aromatic rings. The number of likely N-dealkylation sites (N-methyl/N-ethyl adjacent to an activating group) is 1. The average Bonchev–Trinajstić information content (AvgIpc) is 2.63. The smallest absolute Gasteiger partial charge is 0.238 e. The van der Waals surface area contributed by atoms with Crippen LogP contribution >= 0.6 is 11.6 Å². The highest BCUT2D eigenvalue weighted by Gasteiger charge is 2.11. The molecule has 28 heavy (non-hydrogen) atoms. The Hall–Kier alpha value is -2.37. The molecule has 2 rings (SSSR count). The maximum absolute atomic E-state index is 12.1. The Morgan fingerprint density at radius 1 is 1.00 bits per heavy atom. The van der Waals surface area contributed by atoms with E-state index in [2.05, 4.69) is 48.7 Å². The molecule has 150 valence electrons. The highest BCUT2D eigenvalue weighted by Crippen LogP contribution is 2.20. The van der Waals surface area contributed by atoms with Gasteiger partial charge in [0.05, 0.1) is 23.8 Å². The second-order valence-electron chi connectivity index (χ2n) is 7.20. The molecular weight excluding hydrogens is 374 g/mol. The van der Waals surface area contributed by atoms with Crippen LogP contribution in [-0.4, -0.2) is 43.4 Å². The normalized spacial score (nSPS) is 10.9. The first-order valence-electron chi connectivity index (χ1n) is 9.43. The third-order valence-corrected chi connectivity index (χ3v) is 4.69. The number of carbonyl (C=O) groups excluding carboxylic acids is 2. The fourth-order valence-electron chi connectivity index (χ4n) is 2.77. The van der Waals surface area contributed by atoms with E-state index in [-0.39, 0.29) is 24.9 Å². The summed E-state index contributed by atoms with van der Waals surface area (Å²) in [5.41, 5.74) is 3.07. The van der Waals surface area contributed by atoms with Gasteiger partial charge in [0.2, 0.25) is 11.8 Å². The fraction of sp³-hybridized carbons (Fsp3) is 0.364. The molecule has 0 aliphatic carbocycles. The largest absolute Gasteiger partial charge is 0.355 e. The number of rotatable bonds is 9. The molecule has 6 heteroatoms. The Morgan fingerprint density at radius 2 is 1.64 bits per heavy atom. The summed E-state index contributed by atoms with van der Waals surface area (Å²) in [6, 6.07) is 15.5. The van der Waals surface area contributed by atoms with Crippen LogP contribution in [0.25, 0.3) is 0 Å². The Balaban J connectivity index is 1.69. The molecule has 0 aliphatic heterocycles. The fourth-order valence-corrected chi connectivity index (χ4v) is 2.95. The van der Waals surface area contributed by atoms with Gasteiger partial charge in [-0.3, -0.25) is 14.5 Å². The van der Waals surface area contributed by atoms with Crippen LogP contribution in [0.2, 0.25) is 5.02 Å². The lowest BCUT2D eigenvalue weighted by molar-refractivity contribution is -0.122. The second-order valence-corrected chi connectivity index (χ2v) is 7.60. The summed E-state index contributed by atoms with van der Waals surface area (Å²) in [7, 11) is 1.73. The molecule has 0 atom stereocenters. The van der Waals surface area contributed by atoms with Crippen LogP contribution in [0.1, 0.15) is 30.9 Å². The molecule has 0 bridgehead atoms. The molecule has 0 saturated heterocycles. The Labute approximate surface area is 172 Å². The molecule has 2 amide bonds. The molecule has 5 nitrogen and oxygen atoms in total.